The smallest absolute Gasteiger partial charge is 0.349 e. The lowest BCUT2D eigenvalue weighted by Crippen LogP contribution is -1.98. The molecule has 0 bridgehead atoms. The van der Waals surface area contributed by atoms with Crippen LogP contribution in [0.5, 0.6) is 0 Å². The molecule has 2 aromatic rings. The lowest BCUT2D eigenvalue weighted by atomic mass is 10.2. The molecule has 0 spiro atoms. The SMILES string of the molecule is COC(=O)c1sc2ccc(F)cc2c1Br. The van der Waals surface area contributed by atoms with Crippen LogP contribution in [0.3, 0.4) is 0 Å². The number of carbonyl (C=O) groups is 1. The Morgan fingerprint density at radius 3 is 2.93 bits per heavy atom. The number of methoxy groups -OCH3 is 1. The fourth-order valence-electron chi connectivity index (χ4n) is 1.26. The van der Waals surface area contributed by atoms with E-state index in [2.05, 4.69) is 20.7 Å². The quantitative estimate of drug-likeness (QED) is 0.750. The fourth-order valence-corrected chi connectivity index (χ4v) is 3.12. The van der Waals surface area contributed by atoms with E-state index in [1.54, 1.807) is 6.07 Å². The monoisotopic (exact) mass is 288 g/mol. The number of halogens is 2. The van der Waals surface area contributed by atoms with Crippen molar-refractivity contribution >= 4 is 43.3 Å². The zero-order valence-corrected chi connectivity index (χ0v) is 10.1. The van der Waals surface area contributed by atoms with E-state index in [0.717, 1.165) is 4.70 Å². The number of esters is 1. The zero-order chi connectivity index (χ0) is 11.0. The molecule has 2 rings (SSSR count). The first kappa shape index (κ1) is 10.6. The number of fused-ring (bicyclic) bond motifs is 1. The second-order valence-electron chi connectivity index (χ2n) is 2.88. The second kappa shape index (κ2) is 3.90. The molecule has 2 nitrogen and oxygen atoms in total. The first-order valence-electron chi connectivity index (χ1n) is 4.09. The number of rotatable bonds is 1. The standard InChI is InChI=1S/C10H6BrFO2S/c1-14-10(13)9-8(11)6-4-5(12)2-3-7(6)15-9/h2-4H,1H3. The topological polar surface area (TPSA) is 26.3 Å². The maximum absolute atomic E-state index is 13.0. The highest BCUT2D eigenvalue weighted by Crippen LogP contribution is 2.36. The van der Waals surface area contributed by atoms with Crippen LogP contribution in [0.15, 0.2) is 22.7 Å². The van der Waals surface area contributed by atoms with Gasteiger partial charge >= 0.3 is 5.97 Å². The Morgan fingerprint density at radius 2 is 2.27 bits per heavy atom. The Kier molecular flexibility index (Phi) is 2.75. The molecule has 15 heavy (non-hydrogen) atoms. The molecule has 0 aliphatic carbocycles. The number of hydrogen-bond donors (Lipinski definition) is 0. The van der Waals surface area contributed by atoms with Crippen LogP contribution in [0.25, 0.3) is 10.1 Å². The van der Waals surface area contributed by atoms with E-state index in [4.69, 9.17) is 0 Å². The molecule has 5 heteroatoms. The van der Waals surface area contributed by atoms with Crippen molar-refractivity contribution < 1.29 is 13.9 Å². The van der Waals surface area contributed by atoms with Gasteiger partial charge in [0.25, 0.3) is 0 Å². The molecule has 1 aromatic heterocycles. The molecule has 0 unspecified atom stereocenters. The highest BCUT2D eigenvalue weighted by atomic mass is 79.9. The number of thiophene rings is 1. The van der Waals surface area contributed by atoms with E-state index in [0.29, 0.717) is 14.7 Å². The molecule has 1 heterocycles. The molecule has 0 aliphatic heterocycles. The van der Waals surface area contributed by atoms with Gasteiger partial charge in [0.2, 0.25) is 0 Å². The summed E-state index contributed by atoms with van der Waals surface area (Å²) in [5.74, 6) is -0.735. The Balaban J connectivity index is 2.69. The molecule has 0 atom stereocenters. The minimum absolute atomic E-state index is 0.322. The number of hydrogen-bond acceptors (Lipinski definition) is 3. The molecule has 78 valence electrons. The highest BCUT2D eigenvalue weighted by molar-refractivity contribution is 9.10. The van der Waals surface area contributed by atoms with Crippen molar-refractivity contribution in [1.82, 2.24) is 0 Å². The second-order valence-corrected chi connectivity index (χ2v) is 4.72. The van der Waals surface area contributed by atoms with Crippen molar-refractivity contribution in [3.63, 3.8) is 0 Å². The van der Waals surface area contributed by atoms with Crippen LogP contribution >= 0.6 is 27.3 Å². The van der Waals surface area contributed by atoms with Gasteiger partial charge < -0.3 is 4.74 Å². The molecule has 0 fully saturated rings. The summed E-state index contributed by atoms with van der Waals surface area (Å²) in [5, 5.41) is 0.695. The van der Waals surface area contributed by atoms with Crippen molar-refractivity contribution in [3.8, 4) is 0 Å². The summed E-state index contributed by atoms with van der Waals surface area (Å²) in [4.78, 5) is 11.8. The van der Waals surface area contributed by atoms with Gasteiger partial charge in [0.05, 0.1) is 11.6 Å². The van der Waals surface area contributed by atoms with Crippen LogP contribution in [-0.4, -0.2) is 13.1 Å². The molecular formula is C10H6BrFO2S. The van der Waals surface area contributed by atoms with Gasteiger partial charge in [-0.05, 0) is 34.1 Å². The first-order chi connectivity index (χ1) is 7.13. The Labute approximate surface area is 97.8 Å². The third kappa shape index (κ3) is 1.77. The lowest BCUT2D eigenvalue weighted by molar-refractivity contribution is 0.0605. The van der Waals surface area contributed by atoms with E-state index in [1.165, 1.54) is 30.6 Å². The Bertz CT molecular complexity index is 535. The van der Waals surface area contributed by atoms with Gasteiger partial charge in [-0.1, -0.05) is 0 Å². The van der Waals surface area contributed by atoms with Gasteiger partial charge in [-0.15, -0.1) is 11.3 Å². The van der Waals surface area contributed by atoms with Crippen LogP contribution in [0, 0.1) is 5.82 Å². The maximum atomic E-state index is 13.0. The van der Waals surface area contributed by atoms with Crippen molar-refractivity contribution in [1.29, 1.82) is 0 Å². The van der Waals surface area contributed by atoms with Gasteiger partial charge in [0.1, 0.15) is 10.7 Å². The molecule has 0 amide bonds. The molecule has 0 saturated heterocycles. The van der Waals surface area contributed by atoms with Crippen LogP contribution < -0.4 is 0 Å². The van der Waals surface area contributed by atoms with Gasteiger partial charge in [-0.3, -0.25) is 0 Å². The van der Waals surface area contributed by atoms with E-state index >= 15 is 0 Å². The van der Waals surface area contributed by atoms with Crippen LogP contribution in [0.2, 0.25) is 0 Å². The predicted molar refractivity (Wildman–Crippen MR) is 60.8 cm³/mol. The van der Waals surface area contributed by atoms with E-state index < -0.39 is 5.97 Å². The summed E-state index contributed by atoms with van der Waals surface area (Å²) in [7, 11) is 1.32. The van der Waals surface area contributed by atoms with E-state index in [9.17, 15) is 9.18 Å². The minimum Gasteiger partial charge on any atom is -0.465 e. The van der Waals surface area contributed by atoms with E-state index in [-0.39, 0.29) is 5.82 Å². The maximum Gasteiger partial charge on any atom is 0.349 e. The average molecular weight is 289 g/mol. The summed E-state index contributed by atoms with van der Waals surface area (Å²) in [6, 6.07) is 4.40. The Hall–Kier alpha value is -0.940. The lowest BCUT2D eigenvalue weighted by Gasteiger charge is -1.94. The number of carbonyl (C=O) groups excluding carboxylic acids is 1. The summed E-state index contributed by atoms with van der Waals surface area (Å²) >= 11 is 4.55. The Morgan fingerprint density at radius 1 is 1.53 bits per heavy atom. The molecule has 0 radical (unpaired) electrons. The first-order valence-corrected chi connectivity index (χ1v) is 5.70. The van der Waals surface area contributed by atoms with E-state index in [1.807, 2.05) is 0 Å². The summed E-state index contributed by atoms with van der Waals surface area (Å²) in [6.07, 6.45) is 0. The third-order valence-corrected chi connectivity index (χ3v) is 4.20. The van der Waals surface area contributed by atoms with Crippen LogP contribution in [0.4, 0.5) is 4.39 Å². The molecule has 1 aromatic carbocycles. The summed E-state index contributed by atoms with van der Waals surface area (Å²) in [6.45, 7) is 0. The number of benzene rings is 1. The van der Waals surface area contributed by atoms with Crippen LogP contribution in [0.1, 0.15) is 9.67 Å². The largest absolute Gasteiger partial charge is 0.465 e. The predicted octanol–water partition coefficient (Wildman–Crippen LogP) is 3.59. The summed E-state index contributed by atoms with van der Waals surface area (Å²) in [5.41, 5.74) is 0. The summed E-state index contributed by atoms with van der Waals surface area (Å²) < 4.78 is 19.0. The molecular weight excluding hydrogens is 283 g/mol. The molecule has 0 N–H and O–H groups in total. The van der Waals surface area contributed by atoms with Gasteiger partial charge in [0.15, 0.2) is 0 Å². The molecule has 0 aliphatic rings. The van der Waals surface area contributed by atoms with Crippen molar-refractivity contribution in [2.75, 3.05) is 7.11 Å². The normalized spacial score (nSPS) is 10.6. The van der Waals surface area contributed by atoms with Gasteiger partial charge in [-0.25, -0.2) is 9.18 Å². The minimum atomic E-state index is -0.413. The van der Waals surface area contributed by atoms with Crippen LogP contribution in [-0.2, 0) is 4.74 Å². The van der Waals surface area contributed by atoms with Crippen molar-refractivity contribution in [3.05, 3.63) is 33.4 Å². The zero-order valence-electron chi connectivity index (χ0n) is 7.71. The van der Waals surface area contributed by atoms with Crippen molar-refractivity contribution in [2.45, 2.75) is 0 Å². The third-order valence-electron chi connectivity index (χ3n) is 1.96. The fraction of sp³-hybridized carbons (Fsp3) is 0.100. The number of ether oxygens (including phenoxy) is 1. The highest BCUT2D eigenvalue weighted by Gasteiger charge is 2.17. The van der Waals surface area contributed by atoms with Gasteiger partial charge in [0, 0.05) is 10.1 Å². The average Bonchev–Trinajstić information content (AvgIpc) is 2.55. The van der Waals surface area contributed by atoms with Gasteiger partial charge in [-0.2, -0.15) is 0 Å². The molecule has 0 saturated carbocycles. The van der Waals surface area contributed by atoms with Crippen molar-refractivity contribution in [2.24, 2.45) is 0 Å².